The van der Waals surface area contributed by atoms with Gasteiger partial charge in [0.15, 0.2) is 0 Å². The van der Waals surface area contributed by atoms with Crippen molar-refractivity contribution in [1.82, 2.24) is 4.98 Å². The number of benzene rings is 2. The number of nitrogens with zero attached hydrogens (tertiary/aromatic N) is 1. The molecule has 0 aliphatic carbocycles. The summed E-state index contributed by atoms with van der Waals surface area (Å²) in [5.41, 5.74) is 8.51. The number of nitrogens with two attached hydrogens (primary N) is 1. The molecule has 2 aromatic carbocycles. The van der Waals surface area contributed by atoms with E-state index >= 15 is 0 Å². The van der Waals surface area contributed by atoms with Crippen LogP contribution in [0.4, 0.5) is 5.69 Å². The average molecular weight is 280 g/mol. The fraction of sp³-hybridized carbons (Fsp3) is 0.118. The normalized spacial score (nSPS) is 10.5. The number of ether oxygens (including phenoxy) is 2. The molecular weight excluding hydrogens is 264 g/mol. The molecule has 0 spiro atoms. The number of pyridine rings is 1. The fourth-order valence-electron chi connectivity index (χ4n) is 2.17. The molecule has 4 heteroatoms. The lowest BCUT2D eigenvalue weighted by atomic mass is 10.1. The maximum atomic E-state index is 5.95. The second kappa shape index (κ2) is 5.71. The van der Waals surface area contributed by atoms with Gasteiger partial charge in [-0.1, -0.05) is 12.1 Å². The van der Waals surface area contributed by atoms with Gasteiger partial charge in [0.2, 0.25) is 0 Å². The first-order valence-corrected chi connectivity index (χ1v) is 6.67. The van der Waals surface area contributed by atoms with Crippen molar-refractivity contribution in [2.24, 2.45) is 0 Å². The highest BCUT2D eigenvalue weighted by Gasteiger charge is 2.06. The Morgan fingerprint density at radius 1 is 1.05 bits per heavy atom. The van der Waals surface area contributed by atoms with Gasteiger partial charge in [0.05, 0.1) is 7.11 Å². The van der Waals surface area contributed by atoms with Gasteiger partial charge in [-0.05, 0) is 42.0 Å². The highest BCUT2D eigenvalue weighted by atomic mass is 16.5. The lowest BCUT2D eigenvalue weighted by Gasteiger charge is -2.10. The van der Waals surface area contributed by atoms with E-state index in [1.807, 2.05) is 48.5 Å². The molecule has 1 aromatic heterocycles. The van der Waals surface area contributed by atoms with E-state index in [9.17, 15) is 0 Å². The maximum Gasteiger partial charge on any atom is 0.146 e. The predicted molar refractivity (Wildman–Crippen MR) is 83.5 cm³/mol. The summed E-state index contributed by atoms with van der Waals surface area (Å²) in [7, 11) is 1.65. The number of hydrogen-bond donors (Lipinski definition) is 1. The van der Waals surface area contributed by atoms with Gasteiger partial charge in [-0.3, -0.25) is 4.98 Å². The van der Waals surface area contributed by atoms with Crippen LogP contribution < -0.4 is 15.2 Å². The third kappa shape index (κ3) is 2.74. The second-order valence-electron chi connectivity index (χ2n) is 4.69. The van der Waals surface area contributed by atoms with Crippen LogP contribution in [0, 0.1) is 0 Å². The van der Waals surface area contributed by atoms with E-state index in [2.05, 4.69) is 4.98 Å². The van der Waals surface area contributed by atoms with Gasteiger partial charge in [0, 0.05) is 17.3 Å². The molecule has 106 valence electrons. The third-order valence-corrected chi connectivity index (χ3v) is 3.32. The van der Waals surface area contributed by atoms with Crippen molar-refractivity contribution < 1.29 is 9.47 Å². The Labute approximate surface area is 123 Å². The van der Waals surface area contributed by atoms with Crippen LogP contribution in [0.1, 0.15) is 5.56 Å². The maximum absolute atomic E-state index is 5.95. The number of methoxy groups -OCH3 is 1. The summed E-state index contributed by atoms with van der Waals surface area (Å²) in [5, 5.41) is 0.907. The van der Waals surface area contributed by atoms with Crippen LogP contribution in [0.5, 0.6) is 11.5 Å². The van der Waals surface area contributed by atoms with Gasteiger partial charge in [-0.25, -0.2) is 0 Å². The summed E-state index contributed by atoms with van der Waals surface area (Å²) in [5.74, 6) is 1.56. The van der Waals surface area contributed by atoms with Crippen LogP contribution in [0.25, 0.3) is 10.9 Å². The molecule has 0 bridgehead atoms. The first-order chi connectivity index (χ1) is 10.3. The highest BCUT2D eigenvalue weighted by Crippen LogP contribution is 2.28. The zero-order valence-electron chi connectivity index (χ0n) is 11.7. The van der Waals surface area contributed by atoms with E-state index in [0.717, 1.165) is 28.0 Å². The van der Waals surface area contributed by atoms with Crippen LogP contribution in [-0.4, -0.2) is 12.1 Å². The number of rotatable bonds is 4. The number of fused-ring (bicyclic) bond motifs is 1. The molecule has 0 radical (unpaired) electrons. The Balaban J connectivity index is 1.83. The standard InChI is InChI=1S/C17H16N2O2/c1-20-13-6-4-12(5-7-13)11-21-16-9-8-15(18)14-3-2-10-19-17(14)16/h2-10H,11,18H2,1H3. The van der Waals surface area contributed by atoms with Crippen LogP contribution in [0.2, 0.25) is 0 Å². The van der Waals surface area contributed by atoms with Gasteiger partial charge in [-0.15, -0.1) is 0 Å². The number of aromatic nitrogens is 1. The SMILES string of the molecule is COc1ccc(COc2ccc(N)c3cccnc23)cc1. The van der Waals surface area contributed by atoms with Crippen LogP contribution in [0.15, 0.2) is 54.7 Å². The van der Waals surface area contributed by atoms with Gasteiger partial charge in [-0.2, -0.15) is 0 Å². The third-order valence-electron chi connectivity index (χ3n) is 3.32. The van der Waals surface area contributed by atoms with E-state index in [1.54, 1.807) is 13.3 Å². The Morgan fingerprint density at radius 2 is 1.86 bits per heavy atom. The van der Waals surface area contributed by atoms with Gasteiger partial charge in [0.25, 0.3) is 0 Å². The molecule has 0 unspecified atom stereocenters. The zero-order chi connectivity index (χ0) is 14.7. The largest absolute Gasteiger partial charge is 0.497 e. The molecule has 2 N–H and O–H groups in total. The molecule has 0 saturated carbocycles. The molecule has 1 heterocycles. The summed E-state index contributed by atoms with van der Waals surface area (Å²) in [6.07, 6.45) is 1.74. The van der Waals surface area contributed by atoms with Crippen molar-refractivity contribution in [2.45, 2.75) is 6.61 Å². The minimum absolute atomic E-state index is 0.472. The van der Waals surface area contributed by atoms with Crippen molar-refractivity contribution in [3.63, 3.8) is 0 Å². The molecular formula is C17H16N2O2. The monoisotopic (exact) mass is 280 g/mol. The molecule has 0 atom stereocenters. The van der Waals surface area contributed by atoms with E-state index in [4.69, 9.17) is 15.2 Å². The second-order valence-corrected chi connectivity index (χ2v) is 4.69. The summed E-state index contributed by atoms with van der Waals surface area (Å²) < 4.78 is 11.0. The quantitative estimate of drug-likeness (QED) is 0.744. The minimum atomic E-state index is 0.472. The van der Waals surface area contributed by atoms with Crippen molar-refractivity contribution >= 4 is 16.6 Å². The Bertz CT molecular complexity index is 754. The van der Waals surface area contributed by atoms with Crippen molar-refractivity contribution in [1.29, 1.82) is 0 Å². The molecule has 0 amide bonds. The van der Waals surface area contributed by atoms with Gasteiger partial charge in [0.1, 0.15) is 23.6 Å². The molecule has 0 fully saturated rings. The summed E-state index contributed by atoms with van der Waals surface area (Å²) in [6, 6.07) is 15.3. The highest BCUT2D eigenvalue weighted by molar-refractivity contribution is 5.94. The first-order valence-electron chi connectivity index (χ1n) is 6.67. The molecule has 3 rings (SSSR count). The first kappa shape index (κ1) is 13.2. The van der Waals surface area contributed by atoms with E-state index in [0.29, 0.717) is 12.3 Å². The van der Waals surface area contributed by atoms with Crippen LogP contribution in [0.3, 0.4) is 0 Å². The van der Waals surface area contributed by atoms with Crippen LogP contribution in [-0.2, 0) is 6.61 Å². The Hall–Kier alpha value is -2.75. The van der Waals surface area contributed by atoms with Crippen molar-refractivity contribution in [3.8, 4) is 11.5 Å². The Morgan fingerprint density at radius 3 is 2.62 bits per heavy atom. The summed E-state index contributed by atoms with van der Waals surface area (Å²) in [4.78, 5) is 4.36. The Kier molecular flexibility index (Phi) is 3.60. The lowest BCUT2D eigenvalue weighted by molar-refractivity contribution is 0.309. The summed E-state index contributed by atoms with van der Waals surface area (Å²) >= 11 is 0. The molecule has 3 aromatic rings. The van der Waals surface area contributed by atoms with Crippen LogP contribution >= 0.6 is 0 Å². The van der Waals surface area contributed by atoms with Crippen molar-refractivity contribution in [3.05, 3.63) is 60.3 Å². The fourth-order valence-corrected chi connectivity index (χ4v) is 2.17. The van der Waals surface area contributed by atoms with E-state index in [1.165, 1.54) is 0 Å². The predicted octanol–water partition coefficient (Wildman–Crippen LogP) is 3.40. The topological polar surface area (TPSA) is 57.4 Å². The van der Waals surface area contributed by atoms with Crippen molar-refractivity contribution in [2.75, 3.05) is 12.8 Å². The number of hydrogen-bond acceptors (Lipinski definition) is 4. The smallest absolute Gasteiger partial charge is 0.146 e. The molecule has 0 aliphatic heterocycles. The van der Waals surface area contributed by atoms with Gasteiger partial charge >= 0.3 is 0 Å². The molecule has 0 saturated heterocycles. The lowest BCUT2D eigenvalue weighted by Crippen LogP contribution is -1.98. The molecule has 0 aliphatic rings. The number of anilines is 1. The minimum Gasteiger partial charge on any atom is -0.497 e. The average Bonchev–Trinajstić information content (AvgIpc) is 2.55. The van der Waals surface area contributed by atoms with Gasteiger partial charge < -0.3 is 15.2 Å². The molecule has 21 heavy (non-hydrogen) atoms. The van der Waals surface area contributed by atoms with E-state index in [-0.39, 0.29) is 0 Å². The zero-order valence-corrected chi connectivity index (χ0v) is 11.7. The van der Waals surface area contributed by atoms with E-state index < -0.39 is 0 Å². The molecule has 4 nitrogen and oxygen atoms in total. The summed E-state index contributed by atoms with van der Waals surface area (Å²) in [6.45, 7) is 0.472. The number of nitrogen functional groups attached to an aromatic ring is 1.